The molecule has 1 aliphatic rings. The zero-order chi connectivity index (χ0) is 10.4. The van der Waals surface area contributed by atoms with Gasteiger partial charge in [0.15, 0.2) is 0 Å². The van der Waals surface area contributed by atoms with Gasteiger partial charge in [-0.3, -0.25) is 0 Å². The maximum absolute atomic E-state index is 3.38. The fourth-order valence-corrected chi connectivity index (χ4v) is 1.46. The van der Waals surface area contributed by atoms with Crippen molar-refractivity contribution in [3.63, 3.8) is 0 Å². The Bertz CT molecular complexity index is 187. The van der Waals surface area contributed by atoms with Crippen molar-refractivity contribution in [3.8, 4) is 0 Å². The van der Waals surface area contributed by atoms with Gasteiger partial charge in [-0.05, 0) is 40.4 Å². The van der Waals surface area contributed by atoms with E-state index in [1.165, 1.54) is 12.8 Å². The highest BCUT2D eigenvalue weighted by atomic mass is 15.1. The summed E-state index contributed by atoms with van der Waals surface area (Å²) < 4.78 is 0. The van der Waals surface area contributed by atoms with E-state index in [2.05, 4.69) is 35.0 Å². The summed E-state index contributed by atoms with van der Waals surface area (Å²) in [6.45, 7) is 4.49. The van der Waals surface area contributed by atoms with Crippen LogP contribution in [0.15, 0.2) is 12.2 Å². The molecule has 0 aromatic heterocycles. The minimum Gasteiger partial charge on any atom is -0.320 e. The first kappa shape index (κ1) is 11.7. The molecule has 0 bridgehead atoms. The predicted molar refractivity (Wildman–Crippen MR) is 61.6 cm³/mol. The molecule has 82 valence electrons. The third kappa shape index (κ3) is 4.22. The van der Waals surface area contributed by atoms with E-state index in [1.54, 1.807) is 0 Å². The monoisotopic (exact) mass is 197 g/mol. The SMILES string of the molecule is CNCCCC(C)(/C=C/C1CN1)NC. The van der Waals surface area contributed by atoms with Gasteiger partial charge in [0, 0.05) is 18.1 Å². The van der Waals surface area contributed by atoms with Gasteiger partial charge in [-0.15, -0.1) is 0 Å². The van der Waals surface area contributed by atoms with Crippen LogP contribution in [0.1, 0.15) is 19.8 Å². The van der Waals surface area contributed by atoms with E-state index < -0.39 is 0 Å². The lowest BCUT2D eigenvalue weighted by molar-refractivity contribution is 0.425. The van der Waals surface area contributed by atoms with Crippen molar-refractivity contribution in [2.75, 3.05) is 27.2 Å². The van der Waals surface area contributed by atoms with Crippen molar-refractivity contribution >= 4 is 0 Å². The number of rotatable bonds is 7. The molecular weight excluding hydrogens is 174 g/mol. The highest BCUT2D eigenvalue weighted by Gasteiger charge is 2.21. The molecule has 3 N–H and O–H groups in total. The minimum atomic E-state index is 0.154. The lowest BCUT2D eigenvalue weighted by Gasteiger charge is -2.25. The molecule has 2 unspecified atom stereocenters. The molecule has 0 aromatic carbocycles. The van der Waals surface area contributed by atoms with Gasteiger partial charge in [0.05, 0.1) is 0 Å². The van der Waals surface area contributed by atoms with Gasteiger partial charge in [-0.25, -0.2) is 0 Å². The first-order valence-corrected chi connectivity index (χ1v) is 5.46. The van der Waals surface area contributed by atoms with Crippen LogP contribution in [0, 0.1) is 0 Å². The maximum Gasteiger partial charge on any atom is 0.0377 e. The Morgan fingerprint density at radius 3 is 2.71 bits per heavy atom. The number of nitrogens with one attached hydrogen (secondary N) is 3. The quantitative estimate of drug-likeness (QED) is 0.316. The van der Waals surface area contributed by atoms with Gasteiger partial charge < -0.3 is 16.0 Å². The minimum absolute atomic E-state index is 0.154. The summed E-state index contributed by atoms with van der Waals surface area (Å²) in [7, 11) is 4.03. The number of hydrogen-bond acceptors (Lipinski definition) is 3. The maximum atomic E-state index is 3.38. The summed E-state index contributed by atoms with van der Waals surface area (Å²) in [5.41, 5.74) is 0.154. The second kappa shape index (κ2) is 5.49. The molecule has 1 heterocycles. The number of hydrogen-bond donors (Lipinski definition) is 3. The standard InChI is InChI=1S/C11H23N3/c1-11(13-3,6-4-8-12-2)7-5-10-9-14-10/h5,7,10,12-14H,4,6,8-9H2,1-3H3/b7-5+. The molecule has 1 saturated heterocycles. The molecular formula is C11H23N3. The zero-order valence-corrected chi connectivity index (χ0v) is 9.56. The van der Waals surface area contributed by atoms with Crippen molar-refractivity contribution in [2.45, 2.75) is 31.3 Å². The van der Waals surface area contributed by atoms with Gasteiger partial charge in [0.25, 0.3) is 0 Å². The van der Waals surface area contributed by atoms with Crippen LogP contribution < -0.4 is 16.0 Å². The molecule has 3 nitrogen and oxygen atoms in total. The highest BCUT2D eigenvalue weighted by molar-refractivity contribution is 5.11. The largest absolute Gasteiger partial charge is 0.320 e. The first-order chi connectivity index (χ1) is 6.70. The summed E-state index contributed by atoms with van der Waals surface area (Å²) in [4.78, 5) is 0. The zero-order valence-electron chi connectivity index (χ0n) is 9.56. The summed E-state index contributed by atoms with van der Waals surface area (Å²) in [5, 5.41) is 9.83. The van der Waals surface area contributed by atoms with Crippen LogP contribution in [0.25, 0.3) is 0 Å². The Balaban J connectivity index is 2.30. The second-order valence-corrected chi connectivity index (χ2v) is 4.25. The Kier molecular flexibility index (Phi) is 4.58. The van der Waals surface area contributed by atoms with Crippen LogP contribution >= 0.6 is 0 Å². The number of likely N-dealkylation sites (N-methyl/N-ethyl adjacent to an activating group) is 1. The summed E-state index contributed by atoms with van der Waals surface area (Å²) in [6.07, 6.45) is 6.95. The van der Waals surface area contributed by atoms with E-state index in [4.69, 9.17) is 0 Å². The van der Waals surface area contributed by atoms with Crippen molar-refractivity contribution in [1.82, 2.24) is 16.0 Å². The molecule has 0 aliphatic carbocycles. The fourth-order valence-electron chi connectivity index (χ4n) is 1.46. The Morgan fingerprint density at radius 2 is 2.21 bits per heavy atom. The van der Waals surface area contributed by atoms with Gasteiger partial charge in [-0.1, -0.05) is 12.2 Å². The smallest absolute Gasteiger partial charge is 0.0377 e. The normalized spacial score (nSPS) is 25.2. The molecule has 0 aromatic rings. The summed E-state index contributed by atoms with van der Waals surface area (Å²) >= 11 is 0. The third-order valence-corrected chi connectivity index (χ3v) is 2.83. The van der Waals surface area contributed by atoms with Gasteiger partial charge in [-0.2, -0.15) is 0 Å². The molecule has 1 aliphatic heterocycles. The van der Waals surface area contributed by atoms with E-state index in [-0.39, 0.29) is 5.54 Å². The van der Waals surface area contributed by atoms with Crippen molar-refractivity contribution in [3.05, 3.63) is 12.2 Å². The Labute approximate surface area is 87.3 Å². The molecule has 0 saturated carbocycles. The van der Waals surface area contributed by atoms with Crippen LogP contribution in [0.3, 0.4) is 0 Å². The second-order valence-electron chi connectivity index (χ2n) is 4.25. The lowest BCUT2D eigenvalue weighted by Crippen LogP contribution is -2.38. The molecule has 3 heteroatoms. The van der Waals surface area contributed by atoms with E-state index in [9.17, 15) is 0 Å². The summed E-state index contributed by atoms with van der Waals surface area (Å²) in [6, 6.07) is 0.631. The third-order valence-electron chi connectivity index (χ3n) is 2.83. The first-order valence-electron chi connectivity index (χ1n) is 5.46. The van der Waals surface area contributed by atoms with Gasteiger partial charge in [0.2, 0.25) is 0 Å². The topological polar surface area (TPSA) is 46.0 Å². The Hall–Kier alpha value is -0.380. The van der Waals surface area contributed by atoms with Crippen LogP contribution in [-0.4, -0.2) is 38.8 Å². The van der Waals surface area contributed by atoms with Crippen LogP contribution in [0.5, 0.6) is 0 Å². The van der Waals surface area contributed by atoms with E-state index in [0.717, 1.165) is 13.1 Å². The molecule has 1 fully saturated rings. The van der Waals surface area contributed by atoms with Crippen LogP contribution in [0.4, 0.5) is 0 Å². The molecule has 0 amide bonds. The lowest BCUT2D eigenvalue weighted by atomic mass is 9.95. The average Bonchev–Trinajstić information content (AvgIpc) is 2.99. The van der Waals surface area contributed by atoms with Crippen LogP contribution in [0.2, 0.25) is 0 Å². The molecule has 2 atom stereocenters. The highest BCUT2D eigenvalue weighted by Crippen LogP contribution is 2.14. The van der Waals surface area contributed by atoms with Crippen molar-refractivity contribution in [1.29, 1.82) is 0 Å². The Morgan fingerprint density at radius 1 is 1.50 bits per heavy atom. The van der Waals surface area contributed by atoms with E-state index >= 15 is 0 Å². The molecule has 0 spiro atoms. The van der Waals surface area contributed by atoms with Crippen molar-refractivity contribution in [2.24, 2.45) is 0 Å². The molecule has 0 radical (unpaired) electrons. The fraction of sp³-hybridized carbons (Fsp3) is 0.818. The van der Waals surface area contributed by atoms with Gasteiger partial charge in [0.1, 0.15) is 0 Å². The van der Waals surface area contributed by atoms with Gasteiger partial charge >= 0.3 is 0 Å². The molecule has 1 rings (SSSR count). The van der Waals surface area contributed by atoms with E-state index in [1.807, 2.05) is 14.1 Å². The van der Waals surface area contributed by atoms with Crippen LogP contribution in [-0.2, 0) is 0 Å². The molecule has 14 heavy (non-hydrogen) atoms. The predicted octanol–water partition coefficient (Wildman–Crippen LogP) is 0.492. The van der Waals surface area contributed by atoms with Crippen molar-refractivity contribution < 1.29 is 0 Å². The average molecular weight is 197 g/mol. The van der Waals surface area contributed by atoms with E-state index in [0.29, 0.717) is 6.04 Å². The summed E-state index contributed by atoms with van der Waals surface area (Å²) in [5.74, 6) is 0.